The predicted octanol–water partition coefficient (Wildman–Crippen LogP) is 2.37. The van der Waals surface area contributed by atoms with Crippen molar-refractivity contribution in [2.75, 3.05) is 20.1 Å². The monoisotopic (exact) mass is 143 g/mol. The van der Waals surface area contributed by atoms with Crippen LogP contribution in [0.3, 0.4) is 0 Å². The highest BCUT2D eigenvalue weighted by atomic mass is 15.1. The van der Waals surface area contributed by atoms with Crippen LogP contribution in [-0.2, 0) is 0 Å². The summed E-state index contributed by atoms with van der Waals surface area (Å²) in [4.78, 5) is 2.38. The molecule has 10 heavy (non-hydrogen) atoms. The van der Waals surface area contributed by atoms with Crippen LogP contribution in [0.15, 0.2) is 0 Å². The molecule has 1 heteroatoms. The minimum atomic E-state index is 0.949. The number of hydrogen-bond donors (Lipinski definition) is 0. The molecule has 62 valence electrons. The van der Waals surface area contributed by atoms with Gasteiger partial charge in [-0.1, -0.05) is 27.2 Å². The molecular formula is C9H21N. The van der Waals surface area contributed by atoms with Crippen molar-refractivity contribution >= 4 is 0 Å². The molecule has 0 spiro atoms. The number of nitrogens with zero attached hydrogens (tertiary/aromatic N) is 1. The van der Waals surface area contributed by atoms with Crippen molar-refractivity contribution < 1.29 is 0 Å². The van der Waals surface area contributed by atoms with Gasteiger partial charge in [-0.05, 0) is 25.9 Å². The summed E-state index contributed by atoms with van der Waals surface area (Å²) in [7, 11) is 2.18. The van der Waals surface area contributed by atoms with E-state index in [1.165, 1.54) is 25.9 Å². The van der Waals surface area contributed by atoms with E-state index < -0.39 is 0 Å². The van der Waals surface area contributed by atoms with Crippen molar-refractivity contribution in [3.8, 4) is 0 Å². The summed E-state index contributed by atoms with van der Waals surface area (Å²) in [6.45, 7) is 9.17. The Balaban J connectivity index is 0.000000236. The molecule has 0 aromatic carbocycles. The number of hydrogen-bond acceptors (Lipinski definition) is 1. The fraction of sp³-hybridized carbons (Fsp3) is 1.00. The minimum Gasteiger partial charge on any atom is -0.306 e. The van der Waals surface area contributed by atoms with E-state index in [9.17, 15) is 0 Å². The fourth-order valence-corrected chi connectivity index (χ4v) is 1.16. The maximum absolute atomic E-state index is 2.38. The molecule has 0 N–H and O–H groups in total. The molecule has 0 aromatic rings. The quantitative estimate of drug-likeness (QED) is 0.503. The Hall–Kier alpha value is -0.0400. The molecule has 0 bridgehead atoms. The molecule has 0 radical (unpaired) electrons. The van der Waals surface area contributed by atoms with Crippen LogP contribution in [0.1, 0.15) is 33.6 Å². The highest BCUT2D eigenvalue weighted by molar-refractivity contribution is 4.67. The topological polar surface area (TPSA) is 3.24 Å². The van der Waals surface area contributed by atoms with Crippen LogP contribution < -0.4 is 0 Å². The van der Waals surface area contributed by atoms with Crippen LogP contribution in [0.25, 0.3) is 0 Å². The first kappa shape index (κ1) is 9.96. The highest BCUT2D eigenvalue weighted by Crippen LogP contribution is 2.11. The zero-order chi connectivity index (χ0) is 7.98. The third-order valence-electron chi connectivity index (χ3n) is 1.63. The van der Waals surface area contributed by atoms with Gasteiger partial charge >= 0.3 is 0 Å². The van der Waals surface area contributed by atoms with E-state index in [4.69, 9.17) is 0 Å². The summed E-state index contributed by atoms with van der Waals surface area (Å²) < 4.78 is 0. The normalized spacial score (nSPS) is 25.8. The first-order chi connectivity index (χ1) is 4.70. The molecule has 1 fully saturated rings. The third-order valence-corrected chi connectivity index (χ3v) is 1.63. The third kappa shape index (κ3) is 4.80. The van der Waals surface area contributed by atoms with Gasteiger partial charge in [0.2, 0.25) is 0 Å². The molecule has 0 saturated carbocycles. The smallest absolute Gasteiger partial charge is 0.000445 e. The van der Waals surface area contributed by atoms with Gasteiger partial charge in [-0.2, -0.15) is 0 Å². The Kier molecular flexibility index (Phi) is 5.70. The lowest BCUT2D eigenvalue weighted by molar-refractivity contribution is 0.402. The maximum atomic E-state index is 2.38. The van der Waals surface area contributed by atoms with Gasteiger partial charge < -0.3 is 4.90 Å². The molecule has 0 aliphatic carbocycles. The van der Waals surface area contributed by atoms with Crippen LogP contribution >= 0.6 is 0 Å². The average molecular weight is 143 g/mol. The van der Waals surface area contributed by atoms with Gasteiger partial charge in [0.05, 0.1) is 0 Å². The summed E-state index contributed by atoms with van der Waals surface area (Å²) in [5, 5.41) is 0. The van der Waals surface area contributed by atoms with Crippen LogP contribution in [0, 0.1) is 5.92 Å². The lowest BCUT2D eigenvalue weighted by Crippen LogP contribution is -2.12. The first-order valence-electron chi connectivity index (χ1n) is 4.39. The fourth-order valence-electron chi connectivity index (χ4n) is 1.16. The second-order valence-electron chi connectivity index (χ2n) is 3.36. The number of rotatable bonds is 0. The summed E-state index contributed by atoms with van der Waals surface area (Å²) in [5.74, 6) is 0.949. The van der Waals surface area contributed by atoms with E-state index in [1.54, 1.807) is 0 Å². The van der Waals surface area contributed by atoms with Gasteiger partial charge in [-0.15, -0.1) is 0 Å². The molecular weight excluding hydrogens is 122 g/mol. The molecule has 0 amide bonds. The second kappa shape index (κ2) is 5.72. The van der Waals surface area contributed by atoms with Crippen molar-refractivity contribution in [2.24, 2.45) is 5.92 Å². The summed E-state index contributed by atoms with van der Waals surface area (Å²) >= 11 is 0. The van der Waals surface area contributed by atoms with E-state index >= 15 is 0 Å². The Morgan fingerprint density at radius 3 is 2.00 bits per heavy atom. The Morgan fingerprint density at radius 1 is 1.40 bits per heavy atom. The SMILES string of the molecule is CCC.C[C@@H]1CCN(C)C1. The summed E-state index contributed by atoms with van der Waals surface area (Å²) in [5.41, 5.74) is 0. The van der Waals surface area contributed by atoms with E-state index in [0.717, 1.165) is 5.92 Å². The lowest BCUT2D eigenvalue weighted by Gasteiger charge is -2.03. The van der Waals surface area contributed by atoms with Crippen molar-refractivity contribution in [3.63, 3.8) is 0 Å². The molecule has 1 saturated heterocycles. The highest BCUT2D eigenvalue weighted by Gasteiger charge is 2.13. The minimum absolute atomic E-state index is 0.949. The molecule has 1 atom stereocenters. The molecule has 1 aliphatic rings. The molecule has 1 rings (SSSR count). The van der Waals surface area contributed by atoms with Gasteiger partial charge in [0.25, 0.3) is 0 Å². The molecule has 0 aromatic heterocycles. The Morgan fingerprint density at radius 2 is 1.90 bits per heavy atom. The molecule has 1 heterocycles. The van der Waals surface area contributed by atoms with Crippen molar-refractivity contribution in [2.45, 2.75) is 33.6 Å². The van der Waals surface area contributed by atoms with E-state index in [1.807, 2.05) is 0 Å². The largest absolute Gasteiger partial charge is 0.306 e. The Bertz CT molecular complexity index is 63.1. The zero-order valence-corrected chi connectivity index (χ0v) is 7.85. The number of likely N-dealkylation sites (tertiary alicyclic amines) is 1. The summed E-state index contributed by atoms with van der Waals surface area (Å²) in [6, 6.07) is 0. The van der Waals surface area contributed by atoms with Gasteiger partial charge in [0, 0.05) is 6.54 Å². The molecule has 1 aliphatic heterocycles. The van der Waals surface area contributed by atoms with Crippen molar-refractivity contribution in [1.82, 2.24) is 4.90 Å². The van der Waals surface area contributed by atoms with Crippen molar-refractivity contribution in [1.29, 1.82) is 0 Å². The van der Waals surface area contributed by atoms with Crippen molar-refractivity contribution in [3.05, 3.63) is 0 Å². The van der Waals surface area contributed by atoms with Crippen LogP contribution in [0.4, 0.5) is 0 Å². The molecule has 0 unspecified atom stereocenters. The van der Waals surface area contributed by atoms with Gasteiger partial charge in [0.15, 0.2) is 0 Å². The average Bonchev–Trinajstić information content (AvgIpc) is 2.17. The summed E-state index contributed by atoms with van der Waals surface area (Å²) in [6.07, 6.45) is 2.65. The van der Waals surface area contributed by atoms with Crippen LogP contribution in [0.2, 0.25) is 0 Å². The van der Waals surface area contributed by atoms with Gasteiger partial charge in [0.1, 0.15) is 0 Å². The standard InChI is InChI=1S/C6H13N.C3H8/c1-6-3-4-7(2)5-6;1-3-2/h6H,3-5H2,1-2H3;3H2,1-2H3/t6-;/m1./s1. The van der Waals surface area contributed by atoms with Gasteiger partial charge in [-0.25, -0.2) is 0 Å². The zero-order valence-electron chi connectivity index (χ0n) is 7.85. The molecule has 1 nitrogen and oxygen atoms in total. The predicted molar refractivity (Wildman–Crippen MR) is 47.2 cm³/mol. The first-order valence-corrected chi connectivity index (χ1v) is 4.39. The van der Waals surface area contributed by atoms with E-state index in [0.29, 0.717) is 0 Å². The maximum Gasteiger partial charge on any atom is 0.000445 e. The van der Waals surface area contributed by atoms with E-state index in [2.05, 4.69) is 32.7 Å². The Labute approximate surface area is 65.4 Å². The van der Waals surface area contributed by atoms with Crippen LogP contribution in [0.5, 0.6) is 0 Å². The van der Waals surface area contributed by atoms with Gasteiger partial charge in [-0.3, -0.25) is 0 Å². The lowest BCUT2D eigenvalue weighted by atomic mass is 10.2. The second-order valence-corrected chi connectivity index (χ2v) is 3.36. The van der Waals surface area contributed by atoms with Crippen LogP contribution in [-0.4, -0.2) is 25.0 Å². The van der Waals surface area contributed by atoms with E-state index in [-0.39, 0.29) is 0 Å².